The molecule has 0 fully saturated rings. The number of nitrogens with zero attached hydrogens (tertiary/aromatic N) is 2. The minimum Gasteiger partial charge on any atom is -0.444 e. The summed E-state index contributed by atoms with van der Waals surface area (Å²) in [6.45, 7) is 9.11. The van der Waals surface area contributed by atoms with Gasteiger partial charge in [-0.05, 0) is 50.8 Å². The van der Waals surface area contributed by atoms with Gasteiger partial charge < -0.3 is 15.8 Å². The highest BCUT2D eigenvalue weighted by atomic mass is 32.2. The summed E-state index contributed by atoms with van der Waals surface area (Å²) in [6, 6.07) is 12.8. The molecule has 2 aromatic rings. The Hall–Kier alpha value is -3.02. The molecule has 11 heteroatoms. The van der Waals surface area contributed by atoms with Gasteiger partial charge in [-0.2, -0.15) is 4.31 Å². The van der Waals surface area contributed by atoms with Crippen molar-refractivity contribution in [2.24, 2.45) is 11.7 Å². The fourth-order valence-electron chi connectivity index (χ4n) is 3.57. The van der Waals surface area contributed by atoms with Crippen molar-refractivity contribution in [3.05, 3.63) is 70.3 Å². The number of nitro benzene ring substituents is 1. The van der Waals surface area contributed by atoms with Crippen molar-refractivity contribution in [2.45, 2.75) is 63.6 Å². The number of nitrogens with two attached hydrogens (primary N) is 1. The van der Waals surface area contributed by atoms with Crippen LogP contribution in [0, 0.1) is 16.0 Å². The van der Waals surface area contributed by atoms with E-state index in [4.69, 9.17) is 10.5 Å². The van der Waals surface area contributed by atoms with Crippen LogP contribution in [0.4, 0.5) is 10.5 Å². The maximum Gasteiger partial charge on any atom is 0.407 e. The van der Waals surface area contributed by atoms with Crippen molar-refractivity contribution in [2.75, 3.05) is 13.1 Å². The molecule has 0 saturated heterocycles. The van der Waals surface area contributed by atoms with Gasteiger partial charge in [0.05, 0.1) is 15.9 Å². The smallest absolute Gasteiger partial charge is 0.407 e. The Bertz CT molecular complexity index is 1120. The molecule has 2 atom stereocenters. The molecule has 0 radical (unpaired) electrons. The third-order valence-corrected chi connectivity index (χ3v) is 7.03. The zero-order chi connectivity index (χ0) is 27.1. The number of benzene rings is 2. The standard InChI is InChI=1S/C25H36N4O6S/c1-18(2)16-28(36(33,34)21-13-11-20(12-14-21)29(31)32)17-22(26)23(15-19-9-7-6-8-10-19)27-24(30)35-25(3,4)5/h6-14,18,22-23H,15-17,26H2,1-5H3,(H,27,30)/t22-,23+/m1/s1. The largest absolute Gasteiger partial charge is 0.444 e. The first-order valence-electron chi connectivity index (χ1n) is 11.7. The van der Waals surface area contributed by atoms with Gasteiger partial charge in [-0.3, -0.25) is 10.1 Å². The van der Waals surface area contributed by atoms with E-state index in [0.717, 1.165) is 17.7 Å². The second-order valence-electron chi connectivity index (χ2n) is 10.1. The quantitative estimate of drug-likeness (QED) is 0.339. The zero-order valence-corrected chi connectivity index (χ0v) is 22.2. The number of hydrogen-bond donors (Lipinski definition) is 2. The number of amides is 1. The number of nitro groups is 1. The second-order valence-corrected chi connectivity index (χ2v) is 12.0. The molecule has 198 valence electrons. The van der Waals surface area contributed by atoms with E-state index < -0.39 is 38.7 Å². The summed E-state index contributed by atoms with van der Waals surface area (Å²) in [6.07, 6.45) is -0.276. The highest BCUT2D eigenvalue weighted by molar-refractivity contribution is 7.89. The molecular weight excluding hydrogens is 484 g/mol. The van der Waals surface area contributed by atoms with E-state index in [1.165, 1.54) is 16.4 Å². The van der Waals surface area contributed by atoms with Gasteiger partial charge in [-0.25, -0.2) is 13.2 Å². The second kappa shape index (κ2) is 12.3. The molecule has 0 spiro atoms. The van der Waals surface area contributed by atoms with Crippen LogP contribution in [0.3, 0.4) is 0 Å². The van der Waals surface area contributed by atoms with Crippen LogP contribution in [-0.2, 0) is 21.2 Å². The maximum atomic E-state index is 13.5. The van der Waals surface area contributed by atoms with Gasteiger partial charge >= 0.3 is 6.09 Å². The van der Waals surface area contributed by atoms with Crippen molar-refractivity contribution in [1.82, 2.24) is 9.62 Å². The minimum atomic E-state index is -4.01. The van der Waals surface area contributed by atoms with Gasteiger partial charge in [0.25, 0.3) is 5.69 Å². The third-order valence-electron chi connectivity index (χ3n) is 5.19. The number of hydrogen-bond acceptors (Lipinski definition) is 7. The molecule has 0 saturated carbocycles. The molecule has 0 aliphatic carbocycles. The summed E-state index contributed by atoms with van der Waals surface area (Å²) < 4.78 is 33.6. The third kappa shape index (κ3) is 8.89. The number of alkyl carbamates (subject to hydrolysis) is 1. The lowest BCUT2D eigenvalue weighted by Gasteiger charge is -2.32. The van der Waals surface area contributed by atoms with Crippen LogP contribution >= 0.6 is 0 Å². The van der Waals surface area contributed by atoms with Gasteiger partial charge in [0.1, 0.15) is 5.60 Å². The summed E-state index contributed by atoms with van der Waals surface area (Å²) in [7, 11) is -4.01. The molecule has 2 aromatic carbocycles. The van der Waals surface area contributed by atoms with Crippen LogP contribution in [0.2, 0.25) is 0 Å². The van der Waals surface area contributed by atoms with E-state index in [1.54, 1.807) is 20.8 Å². The van der Waals surface area contributed by atoms with E-state index in [0.29, 0.717) is 6.42 Å². The van der Waals surface area contributed by atoms with Crippen molar-refractivity contribution < 1.29 is 22.9 Å². The van der Waals surface area contributed by atoms with Crippen molar-refractivity contribution in [3.63, 3.8) is 0 Å². The van der Waals surface area contributed by atoms with Crippen LogP contribution in [-0.4, -0.2) is 54.5 Å². The van der Waals surface area contributed by atoms with E-state index >= 15 is 0 Å². The summed E-state index contributed by atoms with van der Waals surface area (Å²) in [4.78, 5) is 22.9. The number of carbonyl (C=O) groups excluding carboxylic acids is 1. The van der Waals surface area contributed by atoms with Gasteiger partial charge in [0.15, 0.2) is 0 Å². The number of non-ortho nitro benzene ring substituents is 1. The SMILES string of the molecule is CC(C)CN(C[C@@H](N)[C@H](Cc1ccccc1)NC(=O)OC(C)(C)C)S(=O)(=O)c1ccc([N+](=O)[O-])cc1. The van der Waals surface area contributed by atoms with Crippen molar-refractivity contribution in [1.29, 1.82) is 0 Å². The lowest BCUT2D eigenvalue weighted by Crippen LogP contribution is -2.55. The number of ether oxygens (including phenoxy) is 1. The maximum absolute atomic E-state index is 13.5. The molecule has 0 aliphatic rings. The fraction of sp³-hybridized carbons (Fsp3) is 0.480. The molecule has 10 nitrogen and oxygen atoms in total. The summed E-state index contributed by atoms with van der Waals surface area (Å²) in [5.41, 5.74) is 6.53. The molecule has 0 aliphatic heterocycles. The Balaban J connectivity index is 2.33. The Morgan fingerprint density at radius 3 is 2.17 bits per heavy atom. The molecule has 36 heavy (non-hydrogen) atoms. The lowest BCUT2D eigenvalue weighted by molar-refractivity contribution is -0.384. The van der Waals surface area contributed by atoms with Crippen molar-refractivity contribution >= 4 is 21.8 Å². The average Bonchev–Trinajstić information content (AvgIpc) is 2.77. The molecule has 0 aromatic heterocycles. The molecule has 0 bridgehead atoms. The molecule has 0 heterocycles. The van der Waals surface area contributed by atoms with E-state index in [1.807, 2.05) is 44.2 Å². The Morgan fingerprint density at radius 1 is 1.08 bits per heavy atom. The van der Waals surface area contributed by atoms with Crippen LogP contribution in [0.1, 0.15) is 40.2 Å². The Labute approximate surface area is 213 Å². The Morgan fingerprint density at radius 2 is 1.67 bits per heavy atom. The number of sulfonamides is 1. The summed E-state index contributed by atoms with van der Waals surface area (Å²) in [5.74, 6) is -0.0172. The number of carbonyl (C=O) groups is 1. The first-order valence-corrected chi connectivity index (χ1v) is 13.2. The van der Waals surface area contributed by atoms with Crippen LogP contribution < -0.4 is 11.1 Å². The topological polar surface area (TPSA) is 145 Å². The van der Waals surface area contributed by atoms with E-state index in [2.05, 4.69) is 5.32 Å². The van der Waals surface area contributed by atoms with Gasteiger partial charge in [-0.1, -0.05) is 44.2 Å². The number of nitrogens with one attached hydrogen (secondary N) is 1. The van der Waals surface area contributed by atoms with E-state index in [9.17, 15) is 23.3 Å². The lowest BCUT2D eigenvalue weighted by atomic mass is 9.99. The molecule has 3 N–H and O–H groups in total. The van der Waals surface area contributed by atoms with Crippen LogP contribution in [0.15, 0.2) is 59.5 Å². The Kier molecular flexibility index (Phi) is 9.97. The molecular formula is C25H36N4O6S. The first-order chi connectivity index (χ1) is 16.7. The predicted octanol–water partition coefficient (Wildman–Crippen LogP) is 3.70. The summed E-state index contributed by atoms with van der Waals surface area (Å²) >= 11 is 0. The fourth-order valence-corrected chi connectivity index (χ4v) is 5.21. The van der Waals surface area contributed by atoms with Gasteiger partial charge in [0, 0.05) is 31.3 Å². The molecule has 1 amide bonds. The van der Waals surface area contributed by atoms with Crippen LogP contribution in [0.25, 0.3) is 0 Å². The normalized spacial score (nSPS) is 13.9. The number of rotatable bonds is 11. The van der Waals surface area contributed by atoms with Gasteiger partial charge in [-0.15, -0.1) is 0 Å². The van der Waals surface area contributed by atoms with Gasteiger partial charge in [0.2, 0.25) is 10.0 Å². The zero-order valence-electron chi connectivity index (χ0n) is 21.4. The van der Waals surface area contributed by atoms with Crippen LogP contribution in [0.5, 0.6) is 0 Å². The first kappa shape index (κ1) is 29.2. The minimum absolute atomic E-state index is 0.0172. The highest BCUT2D eigenvalue weighted by Gasteiger charge is 2.31. The van der Waals surface area contributed by atoms with Crippen molar-refractivity contribution in [3.8, 4) is 0 Å². The molecule has 0 unspecified atom stereocenters. The van der Waals surface area contributed by atoms with E-state index in [-0.39, 0.29) is 29.6 Å². The molecule has 2 rings (SSSR count). The summed E-state index contributed by atoms with van der Waals surface area (Å²) in [5, 5.41) is 13.8. The highest BCUT2D eigenvalue weighted by Crippen LogP contribution is 2.21. The average molecular weight is 521 g/mol. The monoisotopic (exact) mass is 520 g/mol. The predicted molar refractivity (Wildman–Crippen MR) is 138 cm³/mol.